The van der Waals surface area contributed by atoms with Gasteiger partial charge in [-0.05, 0) is 68.1 Å². The number of nitrogens with one attached hydrogen (secondary N) is 1. The molecule has 0 spiro atoms. The molecule has 24 heavy (non-hydrogen) atoms. The molecule has 2 aromatic carbocycles. The fourth-order valence-corrected chi connectivity index (χ4v) is 3.57. The second-order valence-electron chi connectivity index (χ2n) is 6.76. The van der Waals surface area contributed by atoms with Crippen LogP contribution in [0, 0.1) is 13.8 Å². The average molecular weight is 324 g/mol. The summed E-state index contributed by atoms with van der Waals surface area (Å²) in [6.45, 7) is 7.64. The van der Waals surface area contributed by atoms with E-state index < -0.39 is 0 Å². The third-order valence-electron chi connectivity index (χ3n) is 5.11. The molecule has 0 bridgehead atoms. The van der Waals surface area contributed by atoms with Crippen molar-refractivity contribution >= 4 is 5.69 Å². The molecule has 1 saturated heterocycles. The van der Waals surface area contributed by atoms with Gasteiger partial charge in [0.1, 0.15) is 5.75 Å². The van der Waals surface area contributed by atoms with E-state index in [9.17, 15) is 0 Å². The minimum atomic E-state index is 0.529. The van der Waals surface area contributed by atoms with Crippen molar-refractivity contribution < 1.29 is 4.74 Å². The van der Waals surface area contributed by atoms with Crippen molar-refractivity contribution in [2.75, 3.05) is 25.5 Å². The van der Waals surface area contributed by atoms with E-state index in [1.165, 1.54) is 41.8 Å². The molecule has 1 N–H and O–H groups in total. The minimum Gasteiger partial charge on any atom is -0.496 e. The summed E-state index contributed by atoms with van der Waals surface area (Å²) in [7, 11) is 1.74. The van der Waals surface area contributed by atoms with Gasteiger partial charge in [0.15, 0.2) is 0 Å². The monoisotopic (exact) mass is 324 g/mol. The molecule has 0 radical (unpaired) electrons. The van der Waals surface area contributed by atoms with Crippen molar-refractivity contribution in [2.24, 2.45) is 0 Å². The Morgan fingerprint density at radius 1 is 1.08 bits per heavy atom. The van der Waals surface area contributed by atoms with Crippen LogP contribution in [0.15, 0.2) is 42.5 Å². The van der Waals surface area contributed by atoms with Gasteiger partial charge in [0, 0.05) is 24.8 Å². The largest absolute Gasteiger partial charge is 0.496 e. The molecule has 1 heterocycles. The molecule has 0 saturated carbocycles. The van der Waals surface area contributed by atoms with Crippen LogP contribution in [0.3, 0.4) is 0 Å². The van der Waals surface area contributed by atoms with Crippen molar-refractivity contribution in [3.8, 4) is 5.75 Å². The van der Waals surface area contributed by atoms with E-state index in [0.29, 0.717) is 6.04 Å². The third kappa shape index (κ3) is 3.90. The summed E-state index contributed by atoms with van der Waals surface area (Å²) >= 11 is 0. The zero-order chi connectivity index (χ0) is 16.9. The smallest absolute Gasteiger partial charge is 0.122 e. The van der Waals surface area contributed by atoms with Crippen molar-refractivity contribution in [1.82, 2.24) is 4.90 Å². The number of rotatable bonds is 5. The predicted octanol–water partition coefficient (Wildman–Crippen LogP) is 4.39. The van der Waals surface area contributed by atoms with E-state index in [1.807, 2.05) is 0 Å². The Bertz CT molecular complexity index is 669. The Labute approximate surface area is 145 Å². The summed E-state index contributed by atoms with van der Waals surface area (Å²) in [5.41, 5.74) is 5.24. The highest BCUT2D eigenvalue weighted by molar-refractivity contribution is 5.44. The molecule has 3 rings (SSSR count). The molecular weight excluding hydrogens is 296 g/mol. The number of para-hydroxylation sites is 1. The first kappa shape index (κ1) is 16.8. The van der Waals surface area contributed by atoms with E-state index in [2.05, 4.69) is 66.5 Å². The van der Waals surface area contributed by atoms with E-state index in [0.717, 1.165) is 18.8 Å². The molecule has 0 aromatic heterocycles. The Kier molecular flexibility index (Phi) is 5.41. The first-order chi connectivity index (χ1) is 11.7. The van der Waals surface area contributed by atoms with Crippen LogP contribution in [0.4, 0.5) is 5.69 Å². The summed E-state index contributed by atoms with van der Waals surface area (Å²) in [4.78, 5) is 2.57. The number of likely N-dealkylation sites (tertiary alicyclic amines) is 1. The predicted molar refractivity (Wildman–Crippen MR) is 101 cm³/mol. The second kappa shape index (κ2) is 7.71. The number of ether oxygens (including phenoxy) is 1. The highest BCUT2D eigenvalue weighted by Crippen LogP contribution is 2.26. The molecule has 1 aliphatic heterocycles. The molecule has 1 aliphatic rings. The molecule has 128 valence electrons. The van der Waals surface area contributed by atoms with E-state index >= 15 is 0 Å². The number of benzene rings is 2. The van der Waals surface area contributed by atoms with Gasteiger partial charge in [-0.15, -0.1) is 0 Å². The summed E-state index contributed by atoms with van der Waals surface area (Å²) in [5, 5.41) is 3.68. The van der Waals surface area contributed by atoms with Crippen LogP contribution in [-0.2, 0) is 6.54 Å². The number of hydrogen-bond acceptors (Lipinski definition) is 3. The number of anilines is 1. The van der Waals surface area contributed by atoms with Crippen molar-refractivity contribution in [1.29, 1.82) is 0 Å². The van der Waals surface area contributed by atoms with Gasteiger partial charge in [-0.2, -0.15) is 0 Å². The number of hydrogen-bond donors (Lipinski definition) is 1. The molecule has 3 nitrogen and oxygen atoms in total. The van der Waals surface area contributed by atoms with Gasteiger partial charge >= 0.3 is 0 Å². The summed E-state index contributed by atoms with van der Waals surface area (Å²) < 4.78 is 5.43. The average Bonchev–Trinajstić information content (AvgIpc) is 2.60. The zero-order valence-corrected chi connectivity index (χ0v) is 15.0. The van der Waals surface area contributed by atoms with Crippen molar-refractivity contribution in [3.63, 3.8) is 0 Å². The van der Waals surface area contributed by atoms with Crippen LogP contribution in [0.25, 0.3) is 0 Å². The van der Waals surface area contributed by atoms with Crippen LogP contribution < -0.4 is 10.1 Å². The Morgan fingerprint density at radius 2 is 1.88 bits per heavy atom. The summed E-state index contributed by atoms with van der Waals surface area (Å²) in [5.74, 6) is 0.985. The molecule has 3 heteroatoms. The zero-order valence-electron chi connectivity index (χ0n) is 15.0. The van der Waals surface area contributed by atoms with Gasteiger partial charge in [-0.3, -0.25) is 4.90 Å². The quantitative estimate of drug-likeness (QED) is 0.883. The fraction of sp³-hybridized carbons (Fsp3) is 0.429. The van der Waals surface area contributed by atoms with Crippen LogP contribution in [0.2, 0.25) is 0 Å². The maximum absolute atomic E-state index is 5.43. The van der Waals surface area contributed by atoms with Gasteiger partial charge in [0.05, 0.1) is 7.11 Å². The number of nitrogens with zero attached hydrogens (tertiary/aromatic N) is 1. The normalized spacial score (nSPS) is 18.4. The lowest BCUT2D eigenvalue weighted by Gasteiger charge is -2.34. The Morgan fingerprint density at radius 3 is 2.62 bits per heavy atom. The maximum Gasteiger partial charge on any atom is 0.122 e. The fourth-order valence-electron chi connectivity index (χ4n) is 3.57. The van der Waals surface area contributed by atoms with Gasteiger partial charge in [0.25, 0.3) is 0 Å². The number of piperidine rings is 1. The molecule has 0 aliphatic carbocycles. The van der Waals surface area contributed by atoms with Crippen LogP contribution in [0.1, 0.15) is 29.5 Å². The van der Waals surface area contributed by atoms with E-state index in [1.54, 1.807) is 7.11 Å². The van der Waals surface area contributed by atoms with Gasteiger partial charge in [-0.25, -0.2) is 0 Å². The standard InChI is InChI=1S/C21H28N2O/c1-16-17(2)21(24-3)12-11-18(16)14-23-13-7-10-20(15-23)22-19-8-5-4-6-9-19/h4-6,8-9,11-12,20,22H,7,10,13-15H2,1-3H3. The van der Waals surface area contributed by atoms with Crippen LogP contribution in [-0.4, -0.2) is 31.1 Å². The molecule has 1 unspecified atom stereocenters. The molecular formula is C21H28N2O. The van der Waals surface area contributed by atoms with Gasteiger partial charge < -0.3 is 10.1 Å². The molecule has 1 fully saturated rings. The van der Waals surface area contributed by atoms with E-state index in [4.69, 9.17) is 4.74 Å². The summed E-state index contributed by atoms with van der Waals surface area (Å²) in [6, 6.07) is 15.4. The summed E-state index contributed by atoms with van der Waals surface area (Å²) in [6.07, 6.45) is 2.49. The van der Waals surface area contributed by atoms with Crippen molar-refractivity contribution in [2.45, 2.75) is 39.3 Å². The highest BCUT2D eigenvalue weighted by Gasteiger charge is 2.20. The first-order valence-electron chi connectivity index (χ1n) is 8.84. The van der Waals surface area contributed by atoms with Gasteiger partial charge in [0.2, 0.25) is 0 Å². The second-order valence-corrected chi connectivity index (χ2v) is 6.76. The lowest BCUT2D eigenvalue weighted by molar-refractivity contribution is 0.208. The lowest BCUT2D eigenvalue weighted by Crippen LogP contribution is -2.41. The number of methoxy groups -OCH3 is 1. The molecule has 0 amide bonds. The first-order valence-corrected chi connectivity index (χ1v) is 8.84. The van der Waals surface area contributed by atoms with Crippen LogP contribution >= 0.6 is 0 Å². The van der Waals surface area contributed by atoms with Crippen molar-refractivity contribution in [3.05, 3.63) is 59.2 Å². The highest BCUT2D eigenvalue weighted by atomic mass is 16.5. The van der Waals surface area contributed by atoms with Crippen LogP contribution in [0.5, 0.6) is 5.75 Å². The minimum absolute atomic E-state index is 0.529. The molecule has 2 aromatic rings. The lowest BCUT2D eigenvalue weighted by atomic mass is 10.00. The third-order valence-corrected chi connectivity index (χ3v) is 5.11. The Balaban J connectivity index is 1.64. The topological polar surface area (TPSA) is 24.5 Å². The maximum atomic E-state index is 5.43. The van der Waals surface area contributed by atoms with E-state index in [-0.39, 0.29) is 0 Å². The molecule has 1 atom stereocenters. The SMILES string of the molecule is COc1ccc(CN2CCCC(Nc3ccccc3)C2)c(C)c1C. The van der Waals surface area contributed by atoms with Gasteiger partial charge in [-0.1, -0.05) is 24.3 Å². The Hall–Kier alpha value is -2.00.